The maximum Gasteiger partial charge on any atom is 0.410 e. The highest BCUT2D eigenvalue weighted by Gasteiger charge is 2.30. The van der Waals surface area contributed by atoms with Crippen LogP contribution in [0.1, 0.15) is 50.9 Å². The van der Waals surface area contributed by atoms with Gasteiger partial charge in [-0.15, -0.1) is 0 Å². The lowest BCUT2D eigenvalue weighted by Crippen LogP contribution is -2.36. The number of rotatable bonds is 8. The van der Waals surface area contributed by atoms with Crippen LogP contribution < -0.4 is 4.74 Å². The minimum atomic E-state index is -0.515. The molecular weight excluding hydrogens is 482 g/mol. The molecule has 0 N–H and O–H groups in total. The van der Waals surface area contributed by atoms with Crippen molar-refractivity contribution in [1.29, 1.82) is 5.26 Å². The number of esters is 1. The predicted molar refractivity (Wildman–Crippen MR) is 144 cm³/mol. The maximum atomic E-state index is 12.3. The number of carbonyl (C=O) groups excluding carboxylic acids is 2. The van der Waals surface area contributed by atoms with Gasteiger partial charge in [0.1, 0.15) is 24.0 Å². The summed E-state index contributed by atoms with van der Waals surface area (Å²) in [5.41, 5.74) is 3.05. The fraction of sp³-hybridized carbons (Fsp3) is 0.433. The van der Waals surface area contributed by atoms with E-state index in [4.69, 9.17) is 14.2 Å². The summed E-state index contributed by atoms with van der Waals surface area (Å²) in [5, 5.41) is 10.3. The molecule has 4 rings (SSSR count). The Hall–Kier alpha value is -3.99. The zero-order chi connectivity index (χ0) is 27.3. The molecule has 0 unspecified atom stereocenters. The van der Waals surface area contributed by atoms with Gasteiger partial charge in [-0.2, -0.15) is 5.26 Å². The lowest BCUT2D eigenvalue weighted by atomic mass is 10.1. The van der Waals surface area contributed by atoms with E-state index in [1.807, 2.05) is 61.7 Å². The van der Waals surface area contributed by atoms with E-state index in [-0.39, 0.29) is 24.7 Å². The normalized spacial score (nSPS) is 15.3. The standard InChI is InChI=1S/C30H35N3O5/c1-5-36-28(34)20-33-24(17-23-10-6-22(18-31)16-27(23)33)11-7-21-8-12-25(13-9-21)37-26-14-15-32(19-26)29(35)38-30(2,3)4/h6,8-10,12-13,16-17,26H,5,7,11,14-15,19-20H2,1-4H3/t26-/m0/s1. The average molecular weight is 518 g/mol. The lowest BCUT2D eigenvalue weighted by molar-refractivity contribution is -0.143. The molecule has 0 spiro atoms. The summed E-state index contributed by atoms with van der Waals surface area (Å²) in [5.74, 6) is 0.470. The van der Waals surface area contributed by atoms with Crippen LogP contribution in [0, 0.1) is 11.3 Å². The third kappa shape index (κ3) is 6.86. The predicted octanol–water partition coefficient (Wildman–Crippen LogP) is 5.25. The molecule has 1 aromatic heterocycles. The molecule has 0 aliphatic carbocycles. The molecule has 2 heterocycles. The highest BCUT2D eigenvalue weighted by atomic mass is 16.6. The first kappa shape index (κ1) is 27.1. The molecular formula is C30H35N3O5. The number of hydrogen-bond donors (Lipinski definition) is 0. The molecule has 8 nitrogen and oxygen atoms in total. The van der Waals surface area contributed by atoms with Crippen molar-refractivity contribution in [2.75, 3.05) is 19.7 Å². The number of carbonyl (C=O) groups is 2. The van der Waals surface area contributed by atoms with Crippen LogP contribution in [0.15, 0.2) is 48.5 Å². The molecule has 1 aliphatic rings. The summed E-state index contributed by atoms with van der Waals surface area (Å²) < 4.78 is 18.7. The molecule has 1 fully saturated rings. The minimum absolute atomic E-state index is 0.0646. The molecule has 2 aromatic carbocycles. The Kier molecular flexibility index (Phi) is 8.26. The van der Waals surface area contributed by atoms with Crippen LogP contribution in [-0.2, 0) is 33.7 Å². The summed E-state index contributed by atoms with van der Waals surface area (Å²) in [6.07, 6.45) is 1.90. The molecule has 200 valence electrons. The van der Waals surface area contributed by atoms with Gasteiger partial charge in [0.15, 0.2) is 0 Å². The molecule has 0 radical (unpaired) electrons. The molecule has 0 saturated carbocycles. The number of fused-ring (bicyclic) bond motifs is 1. The van der Waals surface area contributed by atoms with Crippen LogP contribution in [0.5, 0.6) is 5.75 Å². The zero-order valence-corrected chi connectivity index (χ0v) is 22.5. The van der Waals surface area contributed by atoms with Crippen LogP contribution in [0.4, 0.5) is 4.79 Å². The Labute approximate surface area is 223 Å². The molecule has 1 amide bonds. The van der Waals surface area contributed by atoms with Crippen molar-refractivity contribution in [2.24, 2.45) is 0 Å². The van der Waals surface area contributed by atoms with E-state index in [0.29, 0.717) is 25.3 Å². The van der Waals surface area contributed by atoms with E-state index < -0.39 is 5.60 Å². The molecule has 1 atom stereocenters. The van der Waals surface area contributed by atoms with Crippen LogP contribution in [-0.4, -0.2) is 52.9 Å². The molecule has 1 saturated heterocycles. The fourth-order valence-electron chi connectivity index (χ4n) is 4.63. The van der Waals surface area contributed by atoms with E-state index in [2.05, 4.69) is 12.1 Å². The van der Waals surface area contributed by atoms with E-state index in [1.54, 1.807) is 17.9 Å². The maximum absolute atomic E-state index is 12.3. The van der Waals surface area contributed by atoms with Crippen molar-refractivity contribution in [3.63, 3.8) is 0 Å². The highest BCUT2D eigenvalue weighted by molar-refractivity contribution is 5.84. The summed E-state index contributed by atoms with van der Waals surface area (Å²) >= 11 is 0. The molecule has 38 heavy (non-hydrogen) atoms. The second-order valence-corrected chi connectivity index (χ2v) is 10.5. The van der Waals surface area contributed by atoms with Crippen LogP contribution in [0.2, 0.25) is 0 Å². The Bertz CT molecular complexity index is 1330. The van der Waals surface area contributed by atoms with Gasteiger partial charge in [-0.05, 0) is 81.8 Å². The number of amides is 1. The number of aryl methyl sites for hydroxylation is 2. The van der Waals surface area contributed by atoms with E-state index in [0.717, 1.165) is 47.2 Å². The first-order valence-corrected chi connectivity index (χ1v) is 13.1. The summed E-state index contributed by atoms with van der Waals surface area (Å²) in [7, 11) is 0. The average Bonchev–Trinajstić information content (AvgIpc) is 3.47. The topological polar surface area (TPSA) is 93.8 Å². The lowest BCUT2D eigenvalue weighted by Gasteiger charge is -2.24. The van der Waals surface area contributed by atoms with E-state index >= 15 is 0 Å². The quantitative estimate of drug-likeness (QED) is 0.379. The van der Waals surface area contributed by atoms with Crippen molar-refractivity contribution in [1.82, 2.24) is 9.47 Å². The monoisotopic (exact) mass is 517 g/mol. The first-order valence-electron chi connectivity index (χ1n) is 13.1. The van der Waals surface area contributed by atoms with Crippen molar-refractivity contribution in [3.8, 4) is 11.8 Å². The minimum Gasteiger partial charge on any atom is -0.489 e. The van der Waals surface area contributed by atoms with Crippen LogP contribution in [0.25, 0.3) is 10.9 Å². The number of nitrogens with zero attached hydrogens (tertiary/aromatic N) is 3. The molecule has 8 heteroatoms. The Morgan fingerprint density at radius 3 is 2.53 bits per heavy atom. The summed E-state index contributed by atoms with van der Waals surface area (Å²) in [6.45, 7) is 8.93. The van der Waals surface area contributed by atoms with Gasteiger partial charge in [-0.1, -0.05) is 18.2 Å². The van der Waals surface area contributed by atoms with Crippen LogP contribution in [0.3, 0.4) is 0 Å². The van der Waals surface area contributed by atoms with E-state index in [9.17, 15) is 14.9 Å². The Morgan fingerprint density at radius 2 is 1.84 bits per heavy atom. The van der Waals surface area contributed by atoms with Gasteiger partial charge in [0.25, 0.3) is 0 Å². The Balaban J connectivity index is 1.38. The summed E-state index contributed by atoms with van der Waals surface area (Å²) in [4.78, 5) is 26.3. The number of benzene rings is 2. The largest absolute Gasteiger partial charge is 0.489 e. The number of aromatic nitrogens is 1. The van der Waals surface area contributed by atoms with Gasteiger partial charge in [-0.3, -0.25) is 4.79 Å². The highest BCUT2D eigenvalue weighted by Crippen LogP contribution is 2.25. The fourth-order valence-corrected chi connectivity index (χ4v) is 4.63. The smallest absolute Gasteiger partial charge is 0.410 e. The van der Waals surface area contributed by atoms with Crippen molar-refractivity contribution in [2.45, 2.75) is 65.2 Å². The third-order valence-electron chi connectivity index (χ3n) is 6.40. The number of likely N-dealkylation sites (tertiary alicyclic amines) is 1. The molecule has 3 aromatic rings. The van der Waals surface area contributed by atoms with Crippen molar-refractivity contribution < 1.29 is 23.8 Å². The molecule has 1 aliphatic heterocycles. The SMILES string of the molecule is CCOC(=O)Cn1c(CCc2ccc(O[C@H]3CCN(C(=O)OC(C)(C)C)C3)cc2)cc2ccc(C#N)cc21. The van der Waals surface area contributed by atoms with Crippen molar-refractivity contribution in [3.05, 3.63) is 65.4 Å². The van der Waals surface area contributed by atoms with Gasteiger partial charge < -0.3 is 23.7 Å². The molecule has 0 bridgehead atoms. The second kappa shape index (κ2) is 11.6. The van der Waals surface area contributed by atoms with Crippen molar-refractivity contribution >= 4 is 23.0 Å². The van der Waals surface area contributed by atoms with E-state index in [1.165, 1.54) is 0 Å². The van der Waals surface area contributed by atoms with Gasteiger partial charge >= 0.3 is 12.1 Å². The van der Waals surface area contributed by atoms with Crippen LogP contribution >= 0.6 is 0 Å². The number of hydrogen-bond acceptors (Lipinski definition) is 6. The number of ether oxygens (including phenoxy) is 3. The van der Waals surface area contributed by atoms with Gasteiger partial charge in [0.2, 0.25) is 0 Å². The summed E-state index contributed by atoms with van der Waals surface area (Å²) in [6, 6.07) is 17.8. The number of nitriles is 1. The zero-order valence-electron chi connectivity index (χ0n) is 22.5. The van der Waals surface area contributed by atoms with Gasteiger partial charge in [-0.25, -0.2) is 4.79 Å². The van der Waals surface area contributed by atoms with Gasteiger partial charge in [0, 0.05) is 18.7 Å². The Morgan fingerprint density at radius 1 is 1.08 bits per heavy atom. The van der Waals surface area contributed by atoms with Gasteiger partial charge in [0.05, 0.1) is 30.3 Å². The second-order valence-electron chi connectivity index (χ2n) is 10.5. The third-order valence-corrected chi connectivity index (χ3v) is 6.40. The first-order chi connectivity index (χ1) is 18.1.